The topological polar surface area (TPSA) is 54.0 Å². The van der Waals surface area contributed by atoms with Gasteiger partial charge < -0.3 is 10.6 Å². The Morgan fingerprint density at radius 2 is 2.05 bits per heavy atom. The highest BCUT2D eigenvalue weighted by Crippen LogP contribution is 2.28. The van der Waals surface area contributed by atoms with Gasteiger partial charge in [0.1, 0.15) is 5.69 Å². The lowest BCUT2D eigenvalue weighted by molar-refractivity contribution is 0.0948. The first-order valence-electron chi connectivity index (χ1n) is 7.06. The molecular weight excluding hydrogens is 321 g/mol. The summed E-state index contributed by atoms with van der Waals surface area (Å²) in [6.45, 7) is 2.74. The van der Waals surface area contributed by atoms with Crippen LogP contribution in [0.4, 0.5) is 11.4 Å². The third kappa shape index (κ3) is 4.61. The second-order valence-electron chi connectivity index (χ2n) is 4.79. The molecule has 1 heterocycles. The summed E-state index contributed by atoms with van der Waals surface area (Å²) in [6, 6.07) is 8.61. The van der Waals surface area contributed by atoms with E-state index in [1.165, 1.54) is 0 Å². The maximum Gasteiger partial charge on any atom is 0.269 e. The Hall–Kier alpha value is -1.78. The Bertz CT molecular complexity index is 644. The van der Waals surface area contributed by atoms with Gasteiger partial charge in [0.25, 0.3) is 5.91 Å². The van der Waals surface area contributed by atoms with Crippen molar-refractivity contribution in [1.82, 2.24) is 10.3 Å². The highest BCUT2D eigenvalue weighted by molar-refractivity contribution is 6.35. The molecule has 1 aromatic heterocycles. The molecule has 0 radical (unpaired) electrons. The predicted molar refractivity (Wildman–Crippen MR) is 91.2 cm³/mol. The number of unbranched alkanes of at least 4 members (excludes halogenated alkanes) is 1. The molecule has 1 aromatic carbocycles. The molecule has 4 nitrogen and oxygen atoms in total. The van der Waals surface area contributed by atoms with Gasteiger partial charge in [-0.1, -0.05) is 36.5 Å². The number of anilines is 2. The number of nitrogens with one attached hydrogen (secondary N) is 2. The predicted octanol–water partition coefficient (Wildman–Crippen LogP) is 4.66. The van der Waals surface area contributed by atoms with Crippen molar-refractivity contribution in [2.24, 2.45) is 0 Å². The van der Waals surface area contributed by atoms with Crippen LogP contribution in [0.3, 0.4) is 0 Å². The van der Waals surface area contributed by atoms with Crippen molar-refractivity contribution in [3.8, 4) is 0 Å². The van der Waals surface area contributed by atoms with Gasteiger partial charge in [0, 0.05) is 11.6 Å². The number of rotatable bonds is 6. The Balaban J connectivity index is 2.02. The molecule has 0 aliphatic rings. The van der Waals surface area contributed by atoms with Crippen molar-refractivity contribution in [2.75, 3.05) is 11.9 Å². The van der Waals surface area contributed by atoms with E-state index in [4.69, 9.17) is 23.2 Å². The Morgan fingerprint density at radius 3 is 2.73 bits per heavy atom. The number of hydrogen-bond acceptors (Lipinski definition) is 3. The largest absolute Gasteiger partial charge is 0.353 e. The number of carbonyl (C=O) groups is 1. The van der Waals surface area contributed by atoms with Gasteiger partial charge in [-0.2, -0.15) is 0 Å². The number of nitrogens with zero attached hydrogens (tertiary/aromatic N) is 1. The van der Waals surface area contributed by atoms with Crippen molar-refractivity contribution in [3.63, 3.8) is 0 Å². The molecule has 0 aliphatic heterocycles. The molecule has 0 unspecified atom stereocenters. The molecule has 116 valence electrons. The van der Waals surface area contributed by atoms with E-state index in [0.717, 1.165) is 18.5 Å². The van der Waals surface area contributed by atoms with Gasteiger partial charge in [0.2, 0.25) is 0 Å². The minimum Gasteiger partial charge on any atom is -0.353 e. The van der Waals surface area contributed by atoms with Crippen molar-refractivity contribution >= 4 is 40.5 Å². The maximum atomic E-state index is 11.9. The van der Waals surface area contributed by atoms with Gasteiger partial charge in [-0.05, 0) is 36.8 Å². The SMILES string of the molecule is CCCCNC(=O)c1ccc(Nc2cc(Cl)ccc2Cl)cn1. The average molecular weight is 338 g/mol. The molecule has 0 saturated carbocycles. The number of aromatic nitrogens is 1. The van der Waals surface area contributed by atoms with Crippen molar-refractivity contribution in [1.29, 1.82) is 0 Å². The fourth-order valence-electron chi connectivity index (χ4n) is 1.82. The van der Waals surface area contributed by atoms with E-state index >= 15 is 0 Å². The second-order valence-corrected chi connectivity index (χ2v) is 5.63. The van der Waals surface area contributed by atoms with Crippen LogP contribution in [-0.2, 0) is 0 Å². The molecule has 22 heavy (non-hydrogen) atoms. The summed E-state index contributed by atoms with van der Waals surface area (Å²) in [5, 5.41) is 7.10. The Labute approximate surface area is 139 Å². The summed E-state index contributed by atoms with van der Waals surface area (Å²) in [6.07, 6.45) is 3.58. The zero-order chi connectivity index (χ0) is 15.9. The Morgan fingerprint density at radius 1 is 1.23 bits per heavy atom. The first-order chi connectivity index (χ1) is 10.6. The molecule has 0 aliphatic carbocycles. The zero-order valence-electron chi connectivity index (χ0n) is 12.2. The summed E-state index contributed by atoms with van der Waals surface area (Å²) in [4.78, 5) is 16.0. The lowest BCUT2D eigenvalue weighted by Gasteiger charge is -2.09. The number of benzene rings is 1. The molecule has 6 heteroatoms. The molecule has 0 atom stereocenters. The number of amides is 1. The standard InChI is InChI=1S/C16H17Cl2N3O/c1-2-3-8-19-16(22)14-7-5-12(10-20-14)21-15-9-11(17)4-6-13(15)18/h4-7,9-10,21H,2-3,8H2,1H3,(H,19,22). The van der Waals surface area contributed by atoms with E-state index in [1.54, 1.807) is 36.5 Å². The summed E-state index contributed by atoms with van der Waals surface area (Å²) < 4.78 is 0. The highest BCUT2D eigenvalue weighted by atomic mass is 35.5. The first-order valence-corrected chi connectivity index (χ1v) is 7.82. The average Bonchev–Trinajstić information content (AvgIpc) is 2.52. The summed E-state index contributed by atoms with van der Waals surface area (Å²) in [5.41, 5.74) is 1.81. The maximum absolute atomic E-state index is 11.9. The molecule has 2 N–H and O–H groups in total. The Kier molecular flexibility index (Phi) is 6.04. The fourth-order valence-corrected chi connectivity index (χ4v) is 2.16. The van der Waals surface area contributed by atoms with Crippen LogP contribution < -0.4 is 10.6 Å². The zero-order valence-corrected chi connectivity index (χ0v) is 13.7. The van der Waals surface area contributed by atoms with Crippen LogP contribution in [0.25, 0.3) is 0 Å². The smallest absolute Gasteiger partial charge is 0.269 e. The number of carbonyl (C=O) groups excluding carboxylic acids is 1. The fraction of sp³-hybridized carbons (Fsp3) is 0.250. The van der Waals surface area contributed by atoms with Crippen LogP contribution in [0.5, 0.6) is 0 Å². The van der Waals surface area contributed by atoms with Crippen LogP contribution in [0.2, 0.25) is 10.0 Å². The second kappa shape index (κ2) is 8.01. The third-order valence-corrected chi connectivity index (χ3v) is 3.58. The van der Waals surface area contributed by atoms with Gasteiger partial charge >= 0.3 is 0 Å². The van der Waals surface area contributed by atoms with Gasteiger partial charge in [-0.3, -0.25) is 4.79 Å². The summed E-state index contributed by atoms with van der Waals surface area (Å²) in [7, 11) is 0. The van der Waals surface area contributed by atoms with Crippen molar-refractivity contribution in [2.45, 2.75) is 19.8 Å². The molecule has 2 aromatic rings. The molecule has 0 bridgehead atoms. The molecule has 1 amide bonds. The molecular formula is C16H17Cl2N3O. The van der Waals surface area contributed by atoms with E-state index < -0.39 is 0 Å². The lowest BCUT2D eigenvalue weighted by Crippen LogP contribution is -2.25. The van der Waals surface area contributed by atoms with Gasteiger partial charge in [0.05, 0.1) is 22.6 Å². The molecule has 0 spiro atoms. The number of pyridine rings is 1. The third-order valence-electron chi connectivity index (χ3n) is 3.02. The van der Waals surface area contributed by atoms with E-state index in [2.05, 4.69) is 22.5 Å². The molecule has 2 rings (SSSR count). The van der Waals surface area contributed by atoms with Gasteiger partial charge in [0.15, 0.2) is 0 Å². The summed E-state index contributed by atoms with van der Waals surface area (Å²) in [5.74, 6) is -0.166. The lowest BCUT2D eigenvalue weighted by atomic mass is 10.2. The van der Waals surface area contributed by atoms with Crippen LogP contribution in [0.1, 0.15) is 30.3 Å². The summed E-state index contributed by atoms with van der Waals surface area (Å²) >= 11 is 12.0. The number of halogens is 2. The highest BCUT2D eigenvalue weighted by Gasteiger charge is 2.07. The minimum atomic E-state index is -0.166. The van der Waals surface area contributed by atoms with E-state index in [9.17, 15) is 4.79 Å². The van der Waals surface area contributed by atoms with E-state index in [0.29, 0.717) is 28.0 Å². The monoisotopic (exact) mass is 337 g/mol. The van der Waals surface area contributed by atoms with Crippen LogP contribution in [0.15, 0.2) is 36.5 Å². The molecule has 0 fully saturated rings. The molecule has 0 saturated heterocycles. The van der Waals surface area contributed by atoms with Gasteiger partial charge in [-0.25, -0.2) is 4.98 Å². The van der Waals surface area contributed by atoms with E-state index in [1.807, 2.05) is 0 Å². The quantitative estimate of drug-likeness (QED) is 0.753. The van der Waals surface area contributed by atoms with Crippen LogP contribution >= 0.6 is 23.2 Å². The van der Waals surface area contributed by atoms with Crippen LogP contribution in [0, 0.1) is 0 Å². The van der Waals surface area contributed by atoms with Gasteiger partial charge in [-0.15, -0.1) is 0 Å². The first kappa shape index (κ1) is 16.6. The minimum absolute atomic E-state index is 0.166. The van der Waals surface area contributed by atoms with Crippen molar-refractivity contribution < 1.29 is 4.79 Å². The van der Waals surface area contributed by atoms with Crippen LogP contribution in [-0.4, -0.2) is 17.4 Å². The normalized spacial score (nSPS) is 10.3. The van der Waals surface area contributed by atoms with E-state index in [-0.39, 0.29) is 5.91 Å². The number of hydrogen-bond donors (Lipinski definition) is 2. The van der Waals surface area contributed by atoms with Crippen molar-refractivity contribution in [3.05, 3.63) is 52.3 Å².